The van der Waals surface area contributed by atoms with E-state index >= 15 is 0 Å². The van der Waals surface area contributed by atoms with Crippen molar-refractivity contribution >= 4 is 17.2 Å². The second kappa shape index (κ2) is 6.72. The van der Waals surface area contributed by atoms with E-state index in [4.69, 9.17) is 5.26 Å². The normalized spacial score (nSPS) is 9.84. The van der Waals surface area contributed by atoms with Gasteiger partial charge in [-0.25, -0.2) is 0 Å². The number of hydrogen-bond acceptors (Lipinski definition) is 3. The van der Waals surface area contributed by atoms with Crippen LogP contribution in [0.5, 0.6) is 0 Å². The highest BCUT2D eigenvalue weighted by molar-refractivity contribution is 7.10. The number of carbonyl (C=O) groups is 1. The van der Waals surface area contributed by atoms with Gasteiger partial charge in [-0.3, -0.25) is 4.79 Å². The molecule has 96 valence electrons. The van der Waals surface area contributed by atoms with Gasteiger partial charge in [0.2, 0.25) is 5.91 Å². The van der Waals surface area contributed by atoms with E-state index in [-0.39, 0.29) is 12.5 Å². The van der Waals surface area contributed by atoms with E-state index < -0.39 is 0 Å². The number of rotatable bonds is 5. The summed E-state index contributed by atoms with van der Waals surface area (Å²) < 4.78 is 0. The number of carbonyl (C=O) groups excluding carboxylic acids is 1. The highest BCUT2D eigenvalue weighted by Crippen LogP contribution is 2.12. The largest absolute Gasteiger partial charge is 0.325 e. The van der Waals surface area contributed by atoms with Crippen molar-refractivity contribution in [3.8, 4) is 6.07 Å². The summed E-state index contributed by atoms with van der Waals surface area (Å²) in [5, 5.41) is 10.8. The van der Waals surface area contributed by atoms with Crippen LogP contribution in [0.2, 0.25) is 0 Å². The summed E-state index contributed by atoms with van der Waals surface area (Å²) in [6, 6.07) is 15.7. The Hall–Kier alpha value is -2.12. The minimum absolute atomic E-state index is 0.00662. The number of benzene rings is 1. The van der Waals surface area contributed by atoms with Gasteiger partial charge in [0.25, 0.3) is 0 Å². The van der Waals surface area contributed by atoms with Gasteiger partial charge in [0.05, 0.1) is 12.5 Å². The lowest BCUT2D eigenvalue weighted by Crippen LogP contribution is -2.32. The molecule has 0 aliphatic heterocycles. The number of hydrogen-bond donors (Lipinski definition) is 0. The fourth-order valence-corrected chi connectivity index (χ4v) is 2.49. The summed E-state index contributed by atoms with van der Waals surface area (Å²) in [6.07, 6.45) is 0.367. The lowest BCUT2D eigenvalue weighted by Gasteiger charge is -2.19. The first kappa shape index (κ1) is 13.3. The van der Waals surface area contributed by atoms with Crippen molar-refractivity contribution in [3.63, 3.8) is 0 Å². The predicted molar refractivity (Wildman–Crippen MR) is 75.5 cm³/mol. The van der Waals surface area contributed by atoms with Crippen LogP contribution in [0.3, 0.4) is 0 Å². The maximum absolute atomic E-state index is 12.2. The monoisotopic (exact) mass is 270 g/mol. The van der Waals surface area contributed by atoms with Crippen LogP contribution in [0.4, 0.5) is 0 Å². The first-order chi connectivity index (χ1) is 9.29. The van der Waals surface area contributed by atoms with Crippen molar-refractivity contribution in [1.29, 1.82) is 5.26 Å². The predicted octanol–water partition coefficient (Wildman–Crippen LogP) is 2.84. The zero-order chi connectivity index (χ0) is 13.5. The highest BCUT2D eigenvalue weighted by atomic mass is 32.1. The molecular formula is C15H14N2OS. The molecule has 3 nitrogen and oxygen atoms in total. The smallest absolute Gasteiger partial charge is 0.228 e. The number of thiophene rings is 1. The van der Waals surface area contributed by atoms with E-state index in [1.54, 1.807) is 16.2 Å². The minimum Gasteiger partial charge on any atom is -0.325 e. The molecule has 0 saturated heterocycles. The Morgan fingerprint density at radius 3 is 2.63 bits per heavy atom. The zero-order valence-corrected chi connectivity index (χ0v) is 11.3. The lowest BCUT2D eigenvalue weighted by molar-refractivity contribution is -0.130. The molecule has 1 amide bonds. The molecule has 0 saturated carbocycles. The van der Waals surface area contributed by atoms with E-state index in [0.717, 1.165) is 10.4 Å². The van der Waals surface area contributed by atoms with E-state index in [1.807, 2.05) is 47.8 Å². The van der Waals surface area contributed by atoms with Crippen molar-refractivity contribution in [2.45, 2.75) is 13.0 Å². The molecular weight excluding hydrogens is 256 g/mol. The van der Waals surface area contributed by atoms with Gasteiger partial charge in [0.1, 0.15) is 6.54 Å². The fourth-order valence-electron chi connectivity index (χ4n) is 1.80. The Balaban J connectivity index is 2.03. The number of amides is 1. The molecule has 1 aromatic carbocycles. The van der Waals surface area contributed by atoms with Crippen molar-refractivity contribution in [3.05, 3.63) is 58.3 Å². The van der Waals surface area contributed by atoms with Gasteiger partial charge in [-0.1, -0.05) is 36.4 Å². The van der Waals surface area contributed by atoms with Crippen LogP contribution in [0, 0.1) is 11.3 Å². The maximum atomic E-state index is 12.2. The Labute approximate surface area is 116 Å². The van der Waals surface area contributed by atoms with Crippen LogP contribution >= 0.6 is 11.3 Å². The second-order valence-electron chi connectivity index (χ2n) is 4.15. The molecule has 0 fully saturated rings. The van der Waals surface area contributed by atoms with Crippen LogP contribution in [-0.4, -0.2) is 17.4 Å². The molecule has 19 heavy (non-hydrogen) atoms. The third-order valence-electron chi connectivity index (χ3n) is 2.74. The molecule has 0 spiro atoms. The van der Waals surface area contributed by atoms with Gasteiger partial charge in [-0.15, -0.1) is 11.3 Å². The summed E-state index contributed by atoms with van der Waals surface area (Å²) in [5.41, 5.74) is 1.04. The first-order valence-corrected chi connectivity index (χ1v) is 6.88. The van der Waals surface area contributed by atoms with Crippen LogP contribution in [0.1, 0.15) is 10.4 Å². The average molecular weight is 270 g/mol. The highest BCUT2D eigenvalue weighted by Gasteiger charge is 2.14. The lowest BCUT2D eigenvalue weighted by atomic mass is 10.2. The van der Waals surface area contributed by atoms with E-state index in [1.165, 1.54) is 0 Å². The Bertz CT molecular complexity index is 558. The standard InChI is InChI=1S/C15H14N2OS/c16-8-9-17(12-13-5-2-1-3-6-13)15(18)11-14-7-4-10-19-14/h1-7,10H,9,11-12H2. The maximum Gasteiger partial charge on any atom is 0.228 e. The van der Waals surface area contributed by atoms with Crippen molar-refractivity contribution in [1.82, 2.24) is 4.90 Å². The number of nitrogens with zero attached hydrogens (tertiary/aromatic N) is 2. The molecule has 4 heteroatoms. The summed E-state index contributed by atoms with van der Waals surface area (Å²) in [6.45, 7) is 0.609. The summed E-state index contributed by atoms with van der Waals surface area (Å²) in [5.74, 6) is -0.00662. The van der Waals surface area contributed by atoms with Crippen LogP contribution < -0.4 is 0 Å². The van der Waals surface area contributed by atoms with Gasteiger partial charge in [0.15, 0.2) is 0 Å². The molecule has 0 aliphatic carbocycles. The Kier molecular flexibility index (Phi) is 4.71. The second-order valence-corrected chi connectivity index (χ2v) is 5.18. The minimum atomic E-state index is -0.00662. The summed E-state index contributed by atoms with van der Waals surface area (Å²) in [7, 11) is 0. The van der Waals surface area contributed by atoms with E-state index in [9.17, 15) is 4.79 Å². The average Bonchev–Trinajstić information content (AvgIpc) is 2.92. The third-order valence-corrected chi connectivity index (χ3v) is 3.61. The van der Waals surface area contributed by atoms with Crippen LogP contribution in [0.25, 0.3) is 0 Å². The van der Waals surface area contributed by atoms with Crippen LogP contribution in [0.15, 0.2) is 47.8 Å². The molecule has 2 rings (SSSR count). The molecule has 0 radical (unpaired) electrons. The van der Waals surface area contributed by atoms with E-state index in [2.05, 4.69) is 6.07 Å². The zero-order valence-electron chi connectivity index (χ0n) is 10.5. The summed E-state index contributed by atoms with van der Waals surface area (Å²) >= 11 is 1.56. The van der Waals surface area contributed by atoms with Gasteiger partial charge in [-0.05, 0) is 17.0 Å². The topological polar surface area (TPSA) is 44.1 Å². The Morgan fingerprint density at radius 2 is 2.00 bits per heavy atom. The molecule has 1 aromatic heterocycles. The van der Waals surface area contributed by atoms with Gasteiger partial charge in [0, 0.05) is 11.4 Å². The first-order valence-electron chi connectivity index (χ1n) is 6.00. The molecule has 0 N–H and O–H groups in total. The van der Waals surface area contributed by atoms with Crippen molar-refractivity contribution in [2.24, 2.45) is 0 Å². The molecule has 2 aromatic rings. The quantitative estimate of drug-likeness (QED) is 0.784. The fraction of sp³-hybridized carbons (Fsp3) is 0.200. The summed E-state index contributed by atoms with van der Waals surface area (Å²) in [4.78, 5) is 14.8. The SMILES string of the molecule is N#CCN(Cc1ccccc1)C(=O)Cc1cccs1. The van der Waals surface area contributed by atoms with E-state index in [0.29, 0.717) is 13.0 Å². The van der Waals surface area contributed by atoms with Crippen molar-refractivity contribution < 1.29 is 4.79 Å². The molecule has 0 atom stereocenters. The van der Waals surface area contributed by atoms with Gasteiger partial charge < -0.3 is 4.90 Å². The molecule has 1 heterocycles. The number of nitriles is 1. The molecule has 0 unspecified atom stereocenters. The van der Waals surface area contributed by atoms with Gasteiger partial charge >= 0.3 is 0 Å². The van der Waals surface area contributed by atoms with Gasteiger partial charge in [-0.2, -0.15) is 5.26 Å². The molecule has 0 bridgehead atoms. The Morgan fingerprint density at radius 1 is 1.21 bits per heavy atom. The van der Waals surface area contributed by atoms with Crippen LogP contribution in [-0.2, 0) is 17.8 Å². The third kappa shape index (κ3) is 3.94. The van der Waals surface area contributed by atoms with Crippen molar-refractivity contribution in [2.75, 3.05) is 6.54 Å². The molecule has 0 aliphatic rings.